The Hall–Kier alpha value is -4.97. The van der Waals surface area contributed by atoms with Gasteiger partial charge in [-0.2, -0.15) is 0 Å². The van der Waals surface area contributed by atoms with E-state index in [4.69, 9.17) is 5.11 Å². The first-order chi connectivity index (χ1) is 21.0. The Bertz CT molecular complexity index is 1720. The molecule has 4 aromatic carbocycles. The van der Waals surface area contributed by atoms with Gasteiger partial charge in [-0.1, -0.05) is 92.7 Å². The van der Waals surface area contributed by atoms with E-state index in [0.29, 0.717) is 12.1 Å². The predicted octanol–water partition coefficient (Wildman–Crippen LogP) is 7.99. The fourth-order valence-corrected chi connectivity index (χ4v) is 5.83. The third-order valence-electron chi connectivity index (χ3n) is 8.25. The molecular weight excluding hydrogens is 548 g/mol. The predicted molar refractivity (Wildman–Crippen MR) is 178 cm³/mol. The zero-order chi connectivity index (χ0) is 32.0. The van der Waals surface area contributed by atoms with Crippen LogP contribution in [0.3, 0.4) is 0 Å². The van der Waals surface area contributed by atoms with Crippen LogP contribution in [0, 0.1) is 13.8 Å². The smallest absolute Gasteiger partial charge is 0.328 e. The molecule has 0 aliphatic rings. The van der Waals surface area contributed by atoms with Gasteiger partial charge >= 0.3 is 5.97 Å². The molecule has 0 heterocycles. The maximum absolute atomic E-state index is 12.5. The summed E-state index contributed by atoms with van der Waals surface area (Å²) >= 11 is 0. The molecule has 1 atom stereocenters. The van der Waals surface area contributed by atoms with Crippen LogP contribution in [0.1, 0.15) is 66.6 Å². The van der Waals surface area contributed by atoms with Crippen LogP contribution in [-0.4, -0.2) is 22.9 Å². The number of carbonyl (C=O) groups excluding carboxylic acids is 2. The fraction of sp³-hybridized carbons (Fsp3) is 0.237. The molecule has 0 saturated heterocycles. The van der Waals surface area contributed by atoms with Crippen LogP contribution in [-0.2, 0) is 32.6 Å². The minimum Gasteiger partial charge on any atom is -0.478 e. The molecule has 0 spiro atoms. The molecule has 3 N–H and O–H groups in total. The Morgan fingerprint density at radius 3 is 1.68 bits per heavy atom. The van der Waals surface area contributed by atoms with Crippen molar-refractivity contribution in [3.8, 4) is 11.1 Å². The lowest BCUT2D eigenvalue weighted by Gasteiger charge is -2.34. The van der Waals surface area contributed by atoms with Crippen molar-refractivity contribution >= 4 is 29.2 Å². The van der Waals surface area contributed by atoms with Crippen LogP contribution >= 0.6 is 0 Å². The van der Waals surface area contributed by atoms with Crippen LogP contribution in [0.25, 0.3) is 11.1 Å². The quantitative estimate of drug-likeness (QED) is 0.129. The highest BCUT2D eigenvalue weighted by molar-refractivity contribution is 6.03. The summed E-state index contributed by atoms with van der Waals surface area (Å²) in [5.41, 5.74) is 10.4. The zero-order valence-corrected chi connectivity index (χ0v) is 26.2. The summed E-state index contributed by atoms with van der Waals surface area (Å²) in [6.07, 6.45) is 3.27. The van der Waals surface area contributed by atoms with Gasteiger partial charge < -0.3 is 15.7 Å². The molecule has 226 valence electrons. The average molecular weight is 589 g/mol. The van der Waals surface area contributed by atoms with Gasteiger partial charge in [-0.25, -0.2) is 4.79 Å². The summed E-state index contributed by atoms with van der Waals surface area (Å²) < 4.78 is 0. The van der Waals surface area contributed by atoms with Crippen molar-refractivity contribution in [3.05, 3.63) is 130 Å². The second-order valence-electron chi connectivity index (χ2n) is 11.3. The second kappa shape index (κ2) is 13.6. The van der Waals surface area contributed by atoms with Crippen molar-refractivity contribution in [1.82, 2.24) is 0 Å². The SMILES string of the molecule is CCc1cc(C(C)(c2ccc(-c3ccccc3)cc2)c2cc(C)c(NC(=O)/C=C/C(=O)O)c(CC)c2)cc(C)c1NC(C)=O. The highest BCUT2D eigenvalue weighted by Crippen LogP contribution is 2.43. The molecule has 1 unspecified atom stereocenters. The molecule has 0 fully saturated rings. The molecule has 0 radical (unpaired) electrons. The molecule has 6 nitrogen and oxygen atoms in total. The number of aliphatic carboxylic acids is 1. The van der Waals surface area contributed by atoms with E-state index in [-0.39, 0.29) is 5.91 Å². The number of carbonyl (C=O) groups is 3. The Kier molecular flexibility index (Phi) is 9.84. The summed E-state index contributed by atoms with van der Waals surface area (Å²) in [6, 6.07) is 27.5. The van der Waals surface area contributed by atoms with Crippen molar-refractivity contribution in [1.29, 1.82) is 0 Å². The molecule has 0 aliphatic carbocycles. The maximum atomic E-state index is 12.5. The number of anilines is 2. The Morgan fingerprint density at radius 1 is 0.705 bits per heavy atom. The van der Waals surface area contributed by atoms with E-state index in [0.717, 1.165) is 74.3 Å². The molecule has 0 saturated carbocycles. The minimum absolute atomic E-state index is 0.103. The van der Waals surface area contributed by atoms with Gasteiger partial charge in [-0.15, -0.1) is 0 Å². The molecule has 0 aromatic heterocycles. The van der Waals surface area contributed by atoms with Crippen molar-refractivity contribution < 1.29 is 19.5 Å². The van der Waals surface area contributed by atoms with Crippen LogP contribution in [0.4, 0.5) is 11.4 Å². The maximum Gasteiger partial charge on any atom is 0.328 e. The molecule has 0 aliphatic heterocycles. The first-order valence-electron chi connectivity index (χ1n) is 14.9. The third kappa shape index (κ3) is 6.81. The van der Waals surface area contributed by atoms with Crippen molar-refractivity contribution in [3.63, 3.8) is 0 Å². The Morgan fingerprint density at radius 2 is 1.20 bits per heavy atom. The minimum atomic E-state index is -1.18. The number of amides is 2. The monoisotopic (exact) mass is 588 g/mol. The largest absolute Gasteiger partial charge is 0.478 e. The molecular formula is C38H40N2O4. The van der Waals surface area contributed by atoms with Crippen LogP contribution in [0.5, 0.6) is 0 Å². The van der Waals surface area contributed by atoms with Crippen LogP contribution < -0.4 is 10.6 Å². The number of benzene rings is 4. The zero-order valence-electron chi connectivity index (χ0n) is 26.2. The van der Waals surface area contributed by atoms with E-state index >= 15 is 0 Å². The molecule has 0 bridgehead atoms. The summed E-state index contributed by atoms with van der Waals surface area (Å²) in [7, 11) is 0. The lowest BCUT2D eigenvalue weighted by atomic mass is 9.69. The van der Waals surface area contributed by atoms with Crippen LogP contribution in [0.15, 0.2) is 91.0 Å². The number of carboxylic acid groups (broad SMARTS) is 1. The van der Waals surface area contributed by atoms with E-state index in [1.807, 2.05) is 39.0 Å². The molecule has 4 rings (SSSR count). The fourth-order valence-electron chi connectivity index (χ4n) is 5.83. The number of nitrogens with one attached hydrogen (secondary N) is 2. The topological polar surface area (TPSA) is 95.5 Å². The van der Waals surface area contributed by atoms with Gasteiger partial charge in [0.05, 0.1) is 0 Å². The van der Waals surface area contributed by atoms with Gasteiger partial charge in [0.2, 0.25) is 11.8 Å². The van der Waals surface area contributed by atoms with Gasteiger partial charge in [0.15, 0.2) is 0 Å². The second-order valence-corrected chi connectivity index (χ2v) is 11.3. The van der Waals surface area contributed by atoms with Gasteiger partial charge in [-0.3, -0.25) is 9.59 Å². The number of carboxylic acids is 1. The third-order valence-corrected chi connectivity index (χ3v) is 8.25. The lowest BCUT2D eigenvalue weighted by molar-refractivity contribution is -0.131. The number of hydrogen-bond donors (Lipinski definition) is 3. The number of aryl methyl sites for hydroxylation is 4. The Labute approximate surface area is 259 Å². The molecule has 4 aromatic rings. The summed E-state index contributed by atoms with van der Waals surface area (Å²) in [6.45, 7) is 11.9. The van der Waals surface area contributed by atoms with Crippen LogP contribution in [0.2, 0.25) is 0 Å². The van der Waals surface area contributed by atoms with E-state index in [1.54, 1.807) is 0 Å². The normalized spacial score (nSPS) is 12.5. The standard InChI is InChI=1S/C38H40N2O4/c1-7-27-22-32(20-24(3)36(27)39-26(5)41)38(6,31-16-14-30(15-17-31)29-12-10-9-11-13-29)33-21-25(4)37(28(8-2)23-33)40-34(42)18-19-35(43)44/h9-23H,7-8H2,1-6H3,(H,39,41)(H,40,42)(H,43,44)/b19-18+. The van der Waals surface area contributed by atoms with Crippen molar-refractivity contribution in [2.24, 2.45) is 0 Å². The van der Waals surface area contributed by atoms with Gasteiger partial charge in [-0.05, 0) is 83.7 Å². The highest BCUT2D eigenvalue weighted by Gasteiger charge is 2.33. The highest BCUT2D eigenvalue weighted by atomic mass is 16.4. The summed E-state index contributed by atoms with van der Waals surface area (Å²) in [5.74, 6) is -1.77. The Balaban J connectivity index is 1.93. The van der Waals surface area contributed by atoms with Gasteiger partial charge in [0.25, 0.3) is 0 Å². The lowest BCUT2D eigenvalue weighted by Crippen LogP contribution is -2.27. The summed E-state index contributed by atoms with van der Waals surface area (Å²) in [5, 5.41) is 14.9. The average Bonchev–Trinajstić information content (AvgIpc) is 3.01. The van der Waals surface area contributed by atoms with E-state index in [1.165, 1.54) is 6.92 Å². The van der Waals surface area contributed by atoms with E-state index in [2.05, 4.69) is 85.1 Å². The van der Waals surface area contributed by atoms with E-state index in [9.17, 15) is 14.4 Å². The number of hydrogen-bond acceptors (Lipinski definition) is 3. The number of rotatable bonds is 10. The molecule has 6 heteroatoms. The van der Waals surface area contributed by atoms with Gasteiger partial charge in [0.1, 0.15) is 0 Å². The van der Waals surface area contributed by atoms with Crippen molar-refractivity contribution in [2.75, 3.05) is 10.6 Å². The first kappa shape index (κ1) is 32.0. The van der Waals surface area contributed by atoms with E-state index < -0.39 is 17.3 Å². The summed E-state index contributed by atoms with van der Waals surface area (Å²) in [4.78, 5) is 35.5. The molecule has 44 heavy (non-hydrogen) atoms. The first-order valence-corrected chi connectivity index (χ1v) is 14.9. The van der Waals surface area contributed by atoms with Gasteiger partial charge in [0, 0.05) is 35.9 Å². The molecule has 2 amide bonds. The van der Waals surface area contributed by atoms with Crippen molar-refractivity contribution in [2.45, 2.75) is 59.8 Å².